The smallest absolute Gasteiger partial charge is 0.118 e. The van der Waals surface area contributed by atoms with Gasteiger partial charge in [0, 0.05) is 6.04 Å². The van der Waals surface area contributed by atoms with Crippen LogP contribution >= 0.6 is 0 Å². The van der Waals surface area contributed by atoms with Crippen LogP contribution in [0.2, 0.25) is 0 Å². The molecule has 0 amide bonds. The molecule has 1 rings (SSSR count). The Hall–Kier alpha value is -1.10. The van der Waals surface area contributed by atoms with Gasteiger partial charge in [-0.05, 0) is 50.2 Å². The molecule has 1 aromatic rings. The Morgan fingerprint density at radius 1 is 1.44 bits per heavy atom. The first-order valence-corrected chi connectivity index (χ1v) is 5.45. The maximum absolute atomic E-state index is 10.1. The van der Waals surface area contributed by atoms with Crippen molar-refractivity contribution in [1.82, 2.24) is 5.32 Å². The fourth-order valence-corrected chi connectivity index (χ4v) is 1.73. The van der Waals surface area contributed by atoms with Crippen LogP contribution in [0.5, 0.6) is 5.75 Å². The van der Waals surface area contributed by atoms with E-state index < -0.39 is 6.10 Å². The quantitative estimate of drug-likeness (QED) is 0.593. The number of nitrogens with one attached hydrogen (secondary N) is 1. The molecule has 4 heteroatoms. The van der Waals surface area contributed by atoms with Crippen molar-refractivity contribution in [2.75, 3.05) is 13.6 Å². The summed E-state index contributed by atoms with van der Waals surface area (Å²) in [5.41, 5.74) is 7.04. The summed E-state index contributed by atoms with van der Waals surface area (Å²) in [5, 5.41) is 22.6. The number of aryl methyl sites for hydroxylation is 1. The highest BCUT2D eigenvalue weighted by Crippen LogP contribution is 2.24. The van der Waals surface area contributed by atoms with Gasteiger partial charge in [-0.2, -0.15) is 0 Å². The standard InChI is InChI=1S/C12H20N2O2/c1-8-7-9(3-4-11(8)15)12(16)10(14-2)5-6-13/h3-4,7,10,12,14-16H,5-6,13H2,1-2H3. The van der Waals surface area contributed by atoms with Gasteiger partial charge in [-0.25, -0.2) is 0 Å². The molecule has 4 nitrogen and oxygen atoms in total. The second-order valence-electron chi connectivity index (χ2n) is 3.96. The highest BCUT2D eigenvalue weighted by molar-refractivity contribution is 5.36. The van der Waals surface area contributed by atoms with E-state index >= 15 is 0 Å². The molecule has 0 fully saturated rings. The zero-order chi connectivity index (χ0) is 12.1. The Balaban J connectivity index is 2.85. The molecule has 0 bridgehead atoms. The zero-order valence-electron chi connectivity index (χ0n) is 9.77. The number of phenolic OH excluding ortho intramolecular Hbond substituents is 1. The molecule has 2 atom stereocenters. The van der Waals surface area contributed by atoms with E-state index in [0.29, 0.717) is 13.0 Å². The molecule has 0 aromatic heterocycles. The van der Waals surface area contributed by atoms with E-state index in [0.717, 1.165) is 11.1 Å². The van der Waals surface area contributed by atoms with Crippen LogP contribution in [0.15, 0.2) is 18.2 Å². The molecule has 0 aliphatic carbocycles. The molecular weight excluding hydrogens is 204 g/mol. The van der Waals surface area contributed by atoms with Gasteiger partial charge in [-0.15, -0.1) is 0 Å². The van der Waals surface area contributed by atoms with Crippen LogP contribution in [0.4, 0.5) is 0 Å². The Bertz CT molecular complexity index is 342. The maximum Gasteiger partial charge on any atom is 0.118 e. The van der Waals surface area contributed by atoms with Gasteiger partial charge in [0.2, 0.25) is 0 Å². The fraction of sp³-hybridized carbons (Fsp3) is 0.500. The van der Waals surface area contributed by atoms with Crippen molar-refractivity contribution < 1.29 is 10.2 Å². The summed E-state index contributed by atoms with van der Waals surface area (Å²) in [6.45, 7) is 2.34. The minimum Gasteiger partial charge on any atom is -0.508 e. The molecule has 5 N–H and O–H groups in total. The lowest BCUT2D eigenvalue weighted by Gasteiger charge is -2.22. The number of likely N-dealkylation sites (N-methyl/N-ethyl adjacent to an activating group) is 1. The third-order valence-electron chi connectivity index (χ3n) is 2.79. The molecule has 1 aromatic carbocycles. The van der Waals surface area contributed by atoms with Gasteiger partial charge in [0.15, 0.2) is 0 Å². The summed E-state index contributed by atoms with van der Waals surface area (Å²) < 4.78 is 0. The first-order valence-electron chi connectivity index (χ1n) is 5.45. The molecule has 0 spiro atoms. The van der Waals surface area contributed by atoms with E-state index in [1.807, 2.05) is 6.92 Å². The number of hydrogen-bond donors (Lipinski definition) is 4. The van der Waals surface area contributed by atoms with Crippen molar-refractivity contribution in [2.45, 2.75) is 25.5 Å². The van der Waals surface area contributed by atoms with Gasteiger partial charge in [-0.1, -0.05) is 6.07 Å². The third-order valence-corrected chi connectivity index (χ3v) is 2.79. The van der Waals surface area contributed by atoms with Gasteiger partial charge in [0.05, 0.1) is 6.10 Å². The second kappa shape index (κ2) is 5.84. The van der Waals surface area contributed by atoms with Crippen molar-refractivity contribution in [2.24, 2.45) is 5.73 Å². The van der Waals surface area contributed by atoms with Crippen LogP contribution in [-0.4, -0.2) is 29.8 Å². The van der Waals surface area contributed by atoms with E-state index in [1.54, 1.807) is 25.2 Å². The first kappa shape index (κ1) is 13.0. The summed E-state index contributed by atoms with van der Waals surface area (Å²) in [7, 11) is 1.80. The number of phenols is 1. The summed E-state index contributed by atoms with van der Waals surface area (Å²) in [5.74, 6) is 0.246. The summed E-state index contributed by atoms with van der Waals surface area (Å²) >= 11 is 0. The number of benzene rings is 1. The second-order valence-corrected chi connectivity index (χ2v) is 3.96. The minimum absolute atomic E-state index is 0.0612. The van der Waals surface area contributed by atoms with Crippen LogP contribution in [-0.2, 0) is 0 Å². The average molecular weight is 224 g/mol. The zero-order valence-corrected chi connectivity index (χ0v) is 9.77. The molecule has 16 heavy (non-hydrogen) atoms. The Morgan fingerprint density at radius 2 is 2.12 bits per heavy atom. The van der Waals surface area contributed by atoms with Crippen LogP contribution in [0.3, 0.4) is 0 Å². The van der Waals surface area contributed by atoms with Gasteiger partial charge in [0.1, 0.15) is 5.75 Å². The van der Waals surface area contributed by atoms with Gasteiger partial charge < -0.3 is 21.3 Å². The summed E-state index contributed by atoms with van der Waals surface area (Å²) in [6.07, 6.45) is 0.102. The molecule has 0 aliphatic rings. The topological polar surface area (TPSA) is 78.5 Å². The predicted molar refractivity (Wildman–Crippen MR) is 64.3 cm³/mol. The third kappa shape index (κ3) is 2.95. The average Bonchev–Trinajstić information content (AvgIpc) is 2.28. The molecule has 0 aliphatic heterocycles. The fourth-order valence-electron chi connectivity index (χ4n) is 1.73. The maximum atomic E-state index is 10.1. The molecule has 0 radical (unpaired) electrons. The van der Waals surface area contributed by atoms with Crippen LogP contribution in [0.25, 0.3) is 0 Å². The lowest BCUT2D eigenvalue weighted by atomic mass is 9.98. The summed E-state index contributed by atoms with van der Waals surface area (Å²) in [4.78, 5) is 0. The lowest BCUT2D eigenvalue weighted by molar-refractivity contribution is 0.129. The Labute approximate surface area is 96.1 Å². The summed E-state index contributed by atoms with van der Waals surface area (Å²) in [6, 6.07) is 5.06. The number of rotatable bonds is 5. The van der Waals surface area contributed by atoms with Crippen LogP contribution in [0.1, 0.15) is 23.7 Å². The number of hydrogen-bond acceptors (Lipinski definition) is 4. The lowest BCUT2D eigenvalue weighted by Crippen LogP contribution is -2.34. The largest absolute Gasteiger partial charge is 0.508 e. The normalized spacial score (nSPS) is 14.8. The SMILES string of the molecule is CNC(CCN)C(O)c1ccc(O)c(C)c1. The van der Waals surface area contributed by atoms with Gasteiger partial charge in [0.25, 0.3) is 0 Å². The van der Waals surface area contributed by atoms with E-state index in [1.165, 1.54) is 0 Å². The first-order chi connectivity index (χ1) is 7.60. The highest BCUT2D eigenvalue weighted by atomic mass is 16.3. The number of aliphatic hydroxyl groups excluding tert-OH is 1. The van der Waals surface area contributed by atoms with Crippen molar-refractivity contribution in [1.29, 1.82) is 0 Å². The number of aliphatic hydroxyl groups is 1. The molecule has 0 heterocycles. The predicted octanol–water partition coefficient (Wildman–Crippen LogP) is 0.671. The van der Waals surface area contributed by atoms with E-state index in [-0.39, 0.29) is 11.8 Å². The number of aromatic hydroxyl groups is 1. The van der Waals surface area contributed by atoms with Crippen molar-refractivity contribution in [3.63, 3.8) is 0 Å². The molecular formula is C12H20N2O2. The van der Waals surface area contributed by atoms with Gasteiger partial charge >= 0.3 is 0 Å². The molecule has 90 valence electrons. The monoisotopic (exact) mass is 224 g/mol. The highest BCUT2D eigenvalue weighted by Gasteiger charge is 2.18. The molecule has 2 unspecified atom stereocenters. The van der Waals surface area contributed by atoms with Crippen molar-refractivity contribution in [3.05, 3.63) is 29.3 Å². The Kier molecular flexibility index (Phi) is 4.73. The molecule has 0 saturated heterocycles. The van der Waals surface area contributed by atoms with Gasteiger partial charge in [-0.3, -0.25) is 0 Å². The van der Waals surface area contributed by atoms with E-state index in [4.69, 9.17) is 5.73 Å². The molecule has 0 saturated carbocycles. The van der Waals surface area contributed by atoms with Crippen LogP contribution < -0.4 is 11.1 Å². The van der Waals surface area contributed by atoms with Crippen LogP contribution in [0, 0.1) is 6.92 Å². The number of nitrogens with two attached hydrogens (primary N) is 1. The van der Waals surface area contributed by atoms with E-state index in [9.17, 15) is 10.2 Å². The van der Waals surface area contributed by atoms with Crippen molar-refractivity contribution in [3.8, 4) is 5.75 Å². The van der Waals surface area contributed by atoms with E-state index in [2.05, 4.69) is 5.32 Å². The Morgan fingerprint density at radius 3 is 2.62 bits per heavy atom. The van der Waals surface area contributed by atoms with Crippen molar-refractivity contribution >= 4 is 0 Å². The minimum atomic E-state index is -0.604.